The predicted octanol–water partition coefficient (Wildman–Crippen LogP) is 4.26. The summed E-state index contributed by atoms with van der Waals surface area (Å²) in [6, 6.07) is 6.55. The molecule has 0 aliphatic heterocycles. The van der Waals surface area contributed by atoms with E-state index in [1.54, 1.807) is 19.9 Å². The number of carbonyl (C=O) groups is 1. The topological polar surface area (TPSA) is 119 Å². The zero-order chi connectivity index (χ0) is 25.2. The number of anilines is 2. The van der Waals surface area contributed by atoms with E-state index in [-0.39, 0.29) is 16.5 Å². The molecule has 2 heterocycles. The fourth-order valence-corrected chi connectivity index (χ4v) is 4.19. The van der Waals surface area contributed by atoms with Crippen molar-refractivity contribution >= 4 is 39.2 Å². The van der Waals surface area contributed by atoms with Crippen LogP contribution in [0, 0.1) is 13.8 Å². The highest BCUT2D eigenvalue weighted by Gasteiger charge is 2.28. The fraction of sp³-hybridized carbons (Fsp3) is 0.263. The van der Waals surface area contributed by atoms with Gasteiger partial charge in [0.2, 0.25) is 11.9 Å². The zero-order valence-electron chi connectivity index (χ0n) is 17.6. The number of sulfonamides is 1. The quantitative estimate of drug-likeness (QED) is 0.428. The van der Waals surface area contributed by atoms with E-state index in [2.05, 4.69) is 25.1 Å². The van der Waals surface area contributed by atoms with Crippen LogP contribution in [0.1, 0.15) is 35.6 Å². The second kappa shape index (κ2) is 9.93. The molecular formula is C19H17ClF4N6O3S. The summed E-state index contributed by atoms with van der Waals surface area (Å²) in [5.74, 6) is -0.981. The lowest BCUT2D eigenvalue weighted by molar-refractivity contribution is -0.117. The Kier molecular flexibility index (Phi) is 7.41. The Morgan fingerprint density at radius 3 is 2.18 bits per heavy atom. The molecule has 0 radical (unpaired) electrons. The predicted molar refractivity (Wildman–Crippen MR) is 115 cm³/mol. The van der Waals surface area contributed by atoms with Crippen molar-refractivity contribution in [3.63, 3.8) is 0 Å². The van der Waals surface area contributed by atoms with E-state index in [1.807, 2.05) is 0 Å². The first-order valence-electron chi connectivity index (χ1n) is 9.45. The summed E-state index contributed by atoms with van der Waals surface area (Å²) >= 11 is 5.55. The van der Waals surface area contributed by atoms with E-state index in [4.69, 9.17) is 11.6 Å². The number of nitrogens with zero attached hydrogens (tertiary/aromatic N) is 4. The smallest absolute Gasteiger partial charge is 0.283 e. The molecule has 182 valence electrons. The third-order valence-electron chi connectivity index (χ3n) is 4.32. The third kappa shape index (κ3) is 5.80. The monoisotopic (exact) mass is 520 g/mol. The van der Waals surface area contributed by atoms with E-state index in [1.165, 1.54) is 24.3 Å². The molecule has 0 aliphatic carbocycles. The van der Waals surface area contributed by atoms with Crippen LogP contribution in [0.25, 0.3) is 0 Å². The first-order chi connectivity index (χ1) is 15.9. The second-order valence-corrected chi connectivity index (χ2v) is 9.06. The van der Waals surface area contributed by atoms with Crippen molar-refractivity contribution in [1.29, 1.82) is 0 Å². The molecule has 0 aliphatic rings. The largest absolute Gasteiger partial charge is 0.324 e. The number of aromatic nitrogens is 4. The van der Waals surface area contributed by atoms with Crippen molar-refractivity contribution in [1.82, 2.24) is 19.7 Å². The standard InChI is InChI=1S/C19H17ClF4N6O3S/c1-9-7-10(2)26-19(25-9)29-34(32,33)12-5-3-11(4-6-12)27-13(31)8-30-16(18(23)24)14(20)15(28-30)17(21)22/h3-7,17-18H,8H2,1-2H3,(H,27,31)(H,25,26,29). The van der Waals surface area contributed by atoms with Crippen molar-refractivity contribution in [2.24, 2.45) is 0 Å². The Morgan fingerprint density at radius 2 is 1.65 bits per heavy atom. The van der Waals surface area contributed by atoms with E-state index in [0.717, 1.165) is 0 Å². The highest BCUT2D eigenvalue weighted by molar-refractivity contribution is 7.92. The van der Waals surface area contributed by atoms with Crippen LogP contribution in [-0.2, 0) is 21.4 Å². The molecule has 0 saturated heterocycles. The van der Waals surface area contributed by atoms with Gasteiger partial charge in [-0.2, -0.15) is 5.10 Å². The van der Waals surface area contributed by atoms with Crippen molar-refractivity contribution in [2.45, 2.75) is 38.1 Å². The van der Waals surface area contributed by atoms with Gasteiger partial charge in [-0.3, -0.25) is 9.48 Å². The average Bonchev–Trinajstić information content (AvgIpc) is 3.03. The Hall–Kier alpha value is -3.26. The van der Waals surface area contributed by atoms with Gasteiger partial charge in [-0.15, -0.1) is 0 Å². The molecule has 9 nitrogen and oxygen atoms in total. The van der Waals surface area contributed by atoms with Gasteiger partial charge >= 0.3 is 0 Å². The lowest BCUT2D eigenvalue weighted by Gasteiger charge is -2.10. The molecule has 3 rings (SSSR count). The molecular weight excluding hydrogens is 504 g/mol. The molecule has 0 atom stereocenters. The first kappa shape index (κ1) is 25.4. The van der Waals surface area contributed by atoms with Crippen LogP contribution in [0.4, 0.5) is 29.2 Å². The van der Waals surface area contributed by atoms with Gasteiger partial charge in [0, 0.05) is 17.1 Å². The van der Waals surface area contributed by atoms with Gasteiger partial charge in [0.15, 0.2) is 0 Å². The zero-order valence-corrected chi connectivity index (χ0v) is 19.1. The van der Waals surface area contributed by atoms with Gasteiger partial charge in [-0.25, -0.2) is 40.7 Å². The number of hydrogen-bond acceptors (Lipinski definition) is 6. The fourth-order valence-electron chi connectivity index (χ4n) is 2.95. The molecule has 2 N–H and O–H groups in total. The molecule has 34 heavy (non-hydrogen) atoms. The summed E-state index contributed by atoms with van der Waals surface area (Å²) in [7, 11) is -4.04. The summed E-state index contributed by atoms with van der Waals surface area (Å²) in [5.41, 5.74) is -0.805. The molecule has 0 saturated carbocycles. The van der Waals surface area contributed by atoms with Crippen LogP contribution in [0.3, 0.4) is 0 Å². The number of rotatable bonds is 8. The number of halogens is 5. The van der Waals surface area contributed by atoms with Crippen LogP contribution in [0.5, 0.6) is 0 Å². The summed E-state index contributed by atoms with van der Waals surface area (Å²) in [6.07, 6.45) is -6.44. The minimum Gasteiger partial charge on any atom is -0.324 e. The maximum absolute atomic E-state index is 13.2. The molecule has 0 unspecified atom stereocenters. The van der Waals surface area contributed by atoms with E-state index >= 15 is 0 Å². The summed E-state index contributed by atoms with van der Waals surface area (Å²) < 4.78 is 80.0. The normalized spacial score (nSPS) is 11.8. The van der Waals surface area contributed by atoms with Gasteiger partial charge in [0.25, 0.3) is 22.9 Å². The molecule has 1 amide bonds. The summed E-state index contributed by atoms with van der Waals surface area (Å²) in [6.45, 7) is 2.54. The SMILES string of the molecule is Cc1cc(C)nc(NS(=O)(=O)c2ccc(NC(=O)Cn3nc(C(F)F)c(Cl)c3C(F)F)cc2)n1. The van der Waals surface area contributed by atoms with Crippen molar-refractivity contribution in [3.05, 3.63) is 58.1 Å². The molecule has 2 aromatic heterocycles. The molecule has 3 aromatic rings. The van der Waals surface area contributed by atoms with Crippen LogP contribution >= 0.6 is 11.6 Å². The number of aryl methyl sites for hydroxylation is 2. The van der Waals surface area contributed by atoms with Crippen LogP contribution in [0.2, 0.25) is 5.02 Å². The van der Waals surface area contributed by atoms with Gasteiger partial charge < -0.3 is 5.32 Å². The molecule has 15 heteroatoms. The first-order valence-corrected chi connectivity index (χ1v) is 11.3. The van der Waals surface area contributed by atoms with Gasteiger partial charge in [0.05, 0.1) is 9.92 Å². The molecule has 0 fully saturated rings. The molecule has 0 bridgehead atoms. The minimum absolute atomic E-state index is 0.106. The maximum Gasteiger partial charge on any atom is 0.283 e. The van der Waals surface area contributed by atoms with Crippen molar-refractivity contribution < 1.29 is 30.8 Å². The van der Waals surface area contributed by atoms with E-state index < -0.39 is 51.7 Å². The number of carbonyl (C=O) groups excluding carboxylic acids is 1. The third-order valence-corrected chi connectivity index (χ3v) is 6.05. The van der Waals surface area contributed by atoms with Gasteiger partial charge in [-0.05, 0) is 44.2 Å². The Balaban J connectivity index is 1.72. The van der Waals surface area contributed by atoms with E-state index in [9.17, 15) is 30.8 Å². The van der Waals surface area contributed by atoms with Crippen LogP contribution < -0.4 is 10.0 Å². The minimum atomic E-state index is -4.04. The number of hydrogen-bond donors (Lipinski definition) is 2. The highest BCUT2D eigenvalue weighted by atomic mass is 35.5. The number of alkyl halides is 4. The summed E-state index contributed by atoms with van der Waals surface area (Å²) in [5, 5.41) is 4.74. The lowest BCUT2D eigenvalue weighted by atomic mass is 10.3. The van der Waals surface area contributed by atoms with Crippen LogP contribution in [0.15, 0.2) is 35.2 Å². The number of amides is 1. The Labute approximate surface area is 196 Å². The maximum atomic E-state index is 13.2. The lowest BCUT2D eigenvalue weighted by Crippen LogP contribution is -2.21. The second-order valence-electron chi connectivity index (χ2n) is 7.00. The van der Waals surface area contributed by atoms with Gasteiger partial charge in [0.1, 0.15) is 17.9 Å². The Bertz CT molecular complexity index is 1300. The van der Waals surface area contributed by atoms with Crippen molar-refractivity contribution in [2.75, 3.05) is 10.0 Å². The van der Waals surface area contributed by atoms with E-state index in [0.29, 0.717) is 16.1 Å². The van der Waals surface area contributed by atoms with Gasteiger partial charge in [-0.1, -0.05) is 11.6 Å². The molecule has 0 spiro atoms. The Morgan fingerprint density at radius 1 is 1.06 bits per heavy atom. The number of benzene rings is 1. The van der Waals surface area contributed by atoms with Crippen LogP contribution in [-0.4, -0.2) is 34.1 Å². The molecule has 1 aromatic carbocycles. The number of nitrogens with one attached hydrogen (secondary N) is 2. The van der Waals surface area contributed by atoms with Crippen molar-refractivity contribution in [3.8, 4) is 0 Å². The summed E-state index contributed by atoms with van der Waals surface area (Å²) in [4.78, 5) is 20.1. The highest BCUT2D eigenvalue weighted by Crippen LogP contribution is 2.34. The average molecular weight is 521 g/mol.